The van der Waals surface area contributed by atoms with Crippen LogP contribution in [0, 0.1) is 3.57 Å². The Balaban J connectivity index is 1.56. The third-order valence-corrected chi connectivity index (χ3v) is 6.80. The number of ether oxygens (including phenoxy) is 2. The summed E-state index contributed by atoms with van der Waals surface area (Å²) >= 11 is 8.27. The summed E-state index contributed by atoms with van der Waals surface area (Å²) in [4.78, 5) is 26.9. The lowest BCUT2D eigenvalue weighted by Crippen LogP contribution is -2.41. The number of hydrogen-bond acceptors (Lipinski definition) is 4. The fraction of sp³-hybridized carbons (Fsp3) is 0.360. The molecule has 33 heavy (non-hydrogen) atoms. The summed E-state index contributed by atoms with van der Waals surface area (Å²) in [5.41, 5.74) is 2.00. The minimum absolute atomic E-state index is 0.0152. The van der Waals surface area contributed by atoms with E-state index in [-0.39, 0.29) is 23.7 Å². The first-order valence-corrected chi connectivity index (χ1v) is 12.6. The molecule has 2 aliphatic rings. The number of imide groups is 1. The van der Waals surface area contributed by atoms with Gasteiger partial charge in [-0.2, -0.15) is 0 Å². The highest BCUT2D eigenvalue weighted by Crippen LogP contribution is 2.36. The minimum Gasteiger partial charge on any atom is -0.490 e. The van der Waals surface area contributed by atoms with E-state index in [9.17, 15) is 9.59 Å². The van der Waals surface area contributed by atoms with E-state index < -0.39 is 0 Å². The normalized spacial score (nSPS) is 18.0. The largest absolute Gasteiger partial charge is 0.490 e. The highest BCUT2D eigenvalue weighted by Gasteiger charge is 2.39. The Morgan fingerprint density at radius 3 is 2.67 bits per heavy atom. The molecule has 8 heteroatoms. The number of urea groups is 1. The Labute approximate surface area is 212 Å². The smallest absolute Gasteiger partial charge is 0.329 e. The molecule has 1 saturated heterocycles. The number of nitrogens with one attached hydrogen (secondary N) is 1. The molecule has 0 radical (unpaired) electrons. The van der Waals surface area contributed by atoms with Crippen LogP contribution in [0.2, 0.25) is 5.02 Å². The van der Waals surface area contributed by atoms with Gasteiger partial charge < -0.3 is 14.8 Å². The van der Waals surface area contributed by atoms with Gasteiger partial charge in [-0.05, 0) is 83.8 Å². The van der Waals surface area contributed by atoms with Gasteiger partial charge in [-0.3, -0.25) is 9.69 Å². The summed E-state index contributed by atoms with van der Waals surface area (Å²) in [6.45, 7) is 2.72. The van der Waals surface area contributed by atoms with Gasteiger partial charge in [0.2, 0.25) is 0 Å². The van der Waals surface area contributed by atoms with E-state index in [4.69, 9.17) is 21.1 Å². The number of amides is 3. The van der Waals surface area contributed by atoms with Crippen molar-refractivity contribution < 1.29 is 19.1 Å². The summed E-state index contributed by atoms with van der Waals surface area (Å²) < 4.78 is 12.7. The minimum atomic E-state index is -0.334. The van der Waals surface area contributed by atoms with Crippen LogP contribution in [0.3, 0.4) is 0 Å². The maximum atomic E-state index is 13.0. The van der Waals surface area contributed by atoms with E-state index >= 15 is 0 Å². The molecule has 1 aliphatic heterocycles. The molecule has 0 bridgehead atoms. The predicted molar refractivity (Wildman–Crippen MR) is 136 cm³/mol. The molecule has 6 nitrogen and oxygen atoms in total. The number of halogens is 2. The number of hydrogen-bond donors (Lipinski definition) is 1. The Kier molecular flexibility index (Phi) is 7.80. The zero-order chi connectivity index (χ0) is 23.4. The summed E-state index contributed by atoms with van der Waals surface area (Å²) in [7, 11) is 0. The molecule has 3 amide bonds. The topological polar surface area (TPSA) is 67.9 Å². The van der Waals surface area contributed by atoms with Crippen LogP contribution in [-0.2, 0) is 11.4 Å². The van der Waals surface area contributed by atoms with Crippen molar-refractivity contribution in [3.63, 3.8) is 0 Å². The molecule has 4 rings (SSSR count). The maximum Gasteiger partial charge on any atom is 0.329 e. The number of benzene rings is 2. The van der Waals surface area contributed by atoms with Crippen LogP contribution in [0.25, 0.3) is 6.08 Å². The highest BCUT2D eigenvalue weighted by atomic mass is 127. The van der Waals surface area contributed by atoms with Gasteiger partial charge in [-0.1, -0.05) is 43.0 Å². The van der Waals surface area contributed by atoms with Crippen LogP contribution in [0.1, 0.15) is 50.2 Å². The lowest BCUT2D eigenvalue weighted by Gasteiger charge is -2.28. The molecule has 1 saturated carbocycles. The van der Waals surface area contributed by atoms with E-state index in [0.717, 1.165) is 46.8 Å². The van der Waals surface area contributed by atoms with Crippen molar-refractivity contribution in [2.24, 2.45) is 0 Å². The molecule has 1 N–H and O–H groups in total. The number of carbonyl (C=O) groups is 2. The molecule has 1 aliphatic carbocycles. The van der Waals surface area contributed by atoms with Gasteiger partial charge in [0.25, 0.3) is 5.91 Å². The second-order valence-corrected chi connectivity index (χ2v) is 9.74. The summed E-state index contributed by atoms with van der Waals surface area (Å²) in [6.07, 6.45) is 6.71. The fourth-order valence-electron chi connectivity index (χ4n) is 4.24. The second kappa shape index (κ2) is 10.8. The first kappa shape index (κ1) is 23.9. The first-order chi connectivity index (χ1) is 16.0. The van der Waals surface area contributed by atoms with E-state index in [1.165, 1.54) is 4.90 Å². The molecule has 174 valence electrons. The Morgan fingerprint density at radius 1 is 1.15 bits per heavy atom. The van der Waals surface area contributed by atoms with Gasteiger partial charge in [-0.15, -0.1) is 0 Å². The van der Waals surface area contributed by atoms with Crippen LogP contribution >= 0.6 is 34.2 Å². The second-order valence-electron chi connectivity index (χ2n) is 8.14. The van der Waals surface area contributed by atoms with Gasteiger partial charge in [0, 0.05) is 11.1 Å². The zero-order valence-electron chi connectivity index (χ0n) is 18.4. The molecule has 0 spiro atoms. The van der Waals surface area contributed by atoms with Gasteiger partial charge in [0.05, 0.1) is 10.2 Å². The predicted octanol–water partition coefficient (Wildman–Crippen LogP) is 6.15. The van der Waals surface area contributed by atoms with E-state index in [1.54, 1.807) is 6.08 Å². The number of rotatable bonds is 7. The van der Waals surface area contributed by atoms with Crippen LogP contribution in [-0.4, -0.2) is 29.5 Å². The molecular weight excluding hydrogens is 555 g/mol. The SMILES string of the molecule is CCOc1cc(/C=C2\NC(=O)N(C3CCCCC3)C2=O)cc(I)c1OCc1cccc(Cl)c1. The molecule has 0 unspecified atom stereocenters. The van der Waals surface area contributed by atoms with Crippen molar-refractivity contribution >= 4 is 52.2 Å². The molecule has 0 atom stereocenters. The monoisotopic (exact) mass is 580 g/mol. The zero-order valence-corrected chi connectivity index (χ0v) is 21.3. The lowest BCUT2D eigenvalue weighted by molar-refractivity contribution is -0.124. The molecule has 2 aromatic rings. The van der Waals surface area contributed by atoms with Crippen molar-refractivity contribution in [1.29, 1.82) is 0 Å². The van der Waals surface area contributed by atoms with E-state index in [1.807, 2.05) is 43.3 Å². The quantitative estimate of drug-likeness (QED) is 0.242. The summed E-state index contributed by atoms with van der Waals surface area (Å²) in [5, 5.41) is 3.40. The fourth-order valence-corrected chi connectivity index (χ4v) is 5.24. The van der Waals surface area contributed by atoms with Gasteiger partial charge >= 0.3 is 6.03 Å². The third kappa shape index (κ3) is 5.63. The highest BCUT2D eigenvalue weighted by molar-refractivity contribution is 14.1. The Bertz CT molecular complexity index is 1080. The van der Waals surface area contributed by atoms with E-state index in [0.29, 0.717) is 29.7 Å². The average Bonchev–Trinajstić information content (AvgIpc) is 3.06. The average molecular weight is 581 g/mol. The van der Waals surface area contributed by atoms with Crippen LogP contribution in [0.4, 0.5) is 4.79 Å². The number of nitrogens with zero attached hydrogens (tertiary/aromatic N) is 1. The number of carbonyl (C=O) groups excluding carboxylic acids is 2. The van der Waals surface area contributed by atoms with Crippen molar-refractivity contribution in [3.8, 4) is 11.5 Å². The molecule has 1 heterocycles. The van der Waals surface area contributed by atoms with Crippen molar-refractivity contribution in [2.75, 3.05) is 6.61 Å². The van der Waals surface area contributed by atoms with Crippen LogP contribution in [0.5, 0.6) is 11.5 Å². The van der Waals surface area contributed by atoms with Gasteiger partial charge in [-0.25, -0.2) is 4.79 Å². The van der Waals surface area contributed by atoms with Crippen LogP contribution < -0.4 is 14.8 Å². The Hall–Kier alpha value is -2.26. The van der Waals surface area contributed by atoms with Gasteiger partial charge in [0.15, 0.2) is 11.5 Å². The van der Waals surface area contributed by atoms with Gasteiger partial charge in [0.1, 0.15) is 12.3 Å². The maximum absolute atomic E-state index is 13.0. The third-order valence-electron chi connectivity index (χ3n) is 5.76. The molecule has 2 aromatic carbocycles. The molecule has 2 fully saturated rings. The lowest BCUT2D eigenvalue weighted by atomic mass is 9.94. The molecular formula is C25H26ClIN2O4. The van der Waals surface area contributed by atoms with Crippen molar-refractivity contribution in [3.05, 3.63) is 61.8 Å². The first-order valence-electron chi connectivity index (χ1n) is 11.2. The van der Waals surface area contributed by atoms with Crippen molar-refractivity contribution in [2.45, 2.75) is 51.7 Å². The van der Waals surface area contributed by atoms with Crippen molar-refractivity contribution in [1.82, 2.24) is 10.2 Å². The summed E-state index contributed by atoms with van der Waals surface area (Å²) in [5.74, 6) is 0.950. The standard InChI is InChI=1S/C25H26ClIN2O4/c1-2-32-22-14-17(12-20(27)23(22)33-15-16-7-6-8-18(26)11-16)13-21-24(30)29(25(31)28-21)19-9-4-3-5-10-19/h6-8,11-14,19H,2-5,9-10,15H2,1H3,(H,28,31)/b21-13-. The Morgan fingerprint density at radius 2 is 1.94 bits per heavy atom. The van der Waals surface area contributed by atoms with E-state index in [2.05, 4.69) is 27.9 Å². The van der Waals surface area contributed by atoms with Crippen LogP contribution in [0.15, 0.2) is 42.1 Å². The summed E-state index contributed by atoms with van der Waals surface area (Å²) in [6, 6.07) is 10.9. The molecule has 0 aromatic heterocycles.